The van der Waals surface area contributed by atoms with Crippen LogP contribution < -0.4 is 15.4 Å². The summed E-state index contributed by atoms with van der Waals surface area (Å²) in [6, 6.07) is 3.55. The Morgan fingerprint density at radius 3 is 2.50 bits per heavy atom. The molecule has 146 valence electrons. The van der Waals surface area contributed by atoms with Gasteiger partial charge in [0.1, 0.15) is 0 Å². The monoisotopic (exact) mass is 397 g/mol. The zero-order valence-corrected chi connectivity index (χ0v) is 14.6. The van der Waals surface area contributed by atoms with Crippen molar-refractivity contribution < 1.29 is 27.1 Å². The van der Waals surface area contributed by atoms with E-state index in [2.05, 4.69) is 20.4 Å². The first kappa shape index (κ1) is 20.7. The number of aromatic nitrogens is 1. The summed E-state index contributed by atoms with van der Waals surface area (Å²) >= 11 is 0. The molecule has 0 radical (unpaired) electrons. The van der Waals surface area contributed by atoms with Crippen molar-refractivity contribution in [2.75, 3.05) is 6.61 Å². The number of ether oxygens (including phenoxy) is 1. The van der Waals surface area contributed by atoms with Gasteiger partial charge in [-0.25, -0.2) is 13.8 Å². The first-order chi connectivity index (χ1) is 11.8. The molecule has 5 nitrogen and oxygen atoms in total. The Kier molecular flexibility index (Phi) is 6.68. The predicted octanol–water partition coefficient (Wildman–Crippen LogP) is 2.80. The van der Waals surface area contributed by atoms with Crippen LogP contribution in [0.3, 0.4) is 0 Å². The molecule has 2 aliphatic rings. The first-order valence-electron chi connectivity index (χ1n) is 8.15. The number of rotatable bonds is 6. The number of fused-ring (bicyclic) bond motifs is 2. The zero-order valence-electron chi connectivity index (χ0n) is 13.8. The SMILES string of the molecule is Cl.O=C(NC1CC2CCC(C1)N2)c1ccc(OCC(F)(F)C(F)F)nc1. The van der Waals surface area contributed by atoms with Gasteiger partial charge in [0, 0.05) is 30.4 Å². The van der Waals surface area contributed by atoms with Gasteiger partial charge in [-0.15, -0.1) is 12.4 Å². The van der Waals surface area contributed by atoms with Crippen molar-refractivity contribution in [3.05, 3.63) is 23.9 Å². The van der Waals surface area contributed by atoms with Gasteiger partial charge in [0.15, 0.2) is 6.61 Å². The highest BCUT2D eigenvalue weighted by Gasteiger charge is 2.41. The summed E-state index contributed by atoms with van der Waals surface area (Å²) in [7, 11) is 0. The van der Waals surface area contributed by atoms with Gasteiger partial charge in [0.05, 0.1) is 5.56 Å². The average molecular weight is 398 g/mol. The van der Waals surface area contributed by atoms with Crippen LogP contribution in [0.25, 0.3) is 0 Å². The normalized spacial score (nSPS) is 24.9. The van der Waals surface area contributed by atoms with Crippen LogP contribution in [0.5, 0.6) is 5.88 Å². The molecule has 10 heteroatoms. The van der Waals surface area contributed by atoms with E-state index in [4.69, 9.17) is 0 Å². The lowest BCUT2D eigenvalue weighted by Crippen LogP contribution is -2.48. The number of nitrogens with zero attached hydrogens (tertiary/aromatic N) is 1. The van der Waals surface area contributed by atoms with Crippen LogP contribution in [0.1, 0.15) is 36.0 Å². The summed E-state index contributed by atoms with van der Waals surface area (Å²) < 4.78 is 54.3. The number of carbonyl (C=O) groups excluding carboxylic acids is 1. The largest absolute Gasteiger partial charge is 0.471 e. The topological polar surface area (TPSA) is 63.2 Å². The fourth-order valence-corrected chi connectivity index (χ4v) is 3.28. The zero-order chi connectivity index (χ0) is 18.0. The molecule has 0 aliphatic carbocycles. The molecule has 2 bridgehead atoms. The molecule has 1 aromatic heterocycles. The Morgan fingerprint density at radius 2 is 1.96 bits per heavy atom. The number of pyridine rings is 1. The van der Waals surface area contributed by atoms with Crippen LogP contribution in [0.2, 0.25) is 0 Å². The number of halogens is 5. The Balaban J connectivity index is 0.00000243. The number of amides is 1. The highest BCUT2D eigenvalue weighted by Crippen LogP contribution is 2.27. The minimum Gasteiger partial charge on any atom is -0.471 e. The number of nitrogens with one attached hydrogen (secondary N) is 2. The van der Waals surface area contributed by atoms with Crippen LogP contribution in [0.15, 0.2) is 18.3 Å². The second-order valence-electron chi connectivity index (χ2n) is 6.52. The fraction of sp³-hybridized carbons (Fsp3) is 0.625. The molecule has 3 heterocycles. The summed E-state index contributed by atoms with van der Waals surface area (Å²) in [5.74, 6) is -4.79. The average Bonchev–Trinajstić information content (AvgIpc) is 2.92. The maximum atomic E-state index is 12.8. The first-order valence-corrected chi connectivity index (χ1v) is 8.15. The van der Waals surface area contributed by atoms with Gasteiger partial charge in [-0.3, -0.25) is 4.79 Å². The molecule has 3 rings (SSSR count). The third-order valence-corrected chi connectivity index (χ3v) is 4.54. The van der Waals surface area contributed by atoms with Crippen molar-refractivity contribution in [2.45, 2.75) is 56.2 Å². The lowest BCUT2D eigenvalue weighted by molar-refractivity contribution is -0.148. The number of alkyl halides is 4. The molecule has 2 aliphatic heterocycles. The lowest BCUT2D eigenvalue weighted by Gasteiger charge is -2.29. The van der Waals surface area contributed by atoms with E-state index in [9.17, 15) is 22.4 Å². The number of carbonyl (C=O) groups is 1. The van der Waals surface area contributed by atoms with Crippen LogP contribution in [0, 0.1) is 0 Å². The molecule has 2 unspecified atom stereocenters. The van der Waals surface area contributed by atoms with E-state index >= 15 is 0 Å². The third-order valence-electron chi connectivity index (χ3n) is 4.54. The van der Waals surface area contributed by atoms with E-state index in [1.807, 2.05) is 0 Å². The van der Waals surface area contributed by atoms with Crippen LogP contribution in [-0.2, 0) is 0 Å². The highest BCUT2D eigenvalue weighted by atomic mass is 35.5. The van der Waals surface area contributed by atoms with Crippen molar-refractivity contribution in [3.63, 3.8) is 0 Å². The van der Waals surface area contributed by atoms with Crippen LogP contribution in [0.4, 0.5) is 17.6 Å². The maximum absolute atomic E-state index is 12.8. The Morgan fingerprint density at radius 1 is 1.31 bits per heavy atom. The highest BCUT2D eigenvalue weighted by molar-refractivity contribution is 5.94. The molecule has 2 N–H and O–H groups in total. The van der Waals surface area contributed by atoms with E-state index in [0.717, 1.165) is 25.7 Å². The van der Waals surface area contributed by atoms with Crippen molar-refractivity contribution in [3.8, 4) is 5.88 Å². The van der Waals surface area contributed by atoms with Gasteiger partial charge in [-0.05, 0) is 31.7 Å². The van der Waals surface area contributed by atoms with Gasteiger partial charge in [-0.1, -0.05) is 0 Å². The van der Waals surface area contributed by atoms with E-state index in [1.54, 1.807) is 0 Å². The molecule has 2 fully saturated rings. The van der Waals surface area contributed by atoms with E-state index < -0.39 is 19.0 Å². The maximum Gasteiger partial charge on any atom is 0.340 e. The van der Waals surface area contributed by atoms with Crippen molar-refractivity contribution in [1.82, 2.24) is 15.6 Å². The van der Waals surface area contributed by atoms with Gasteiger partial charge in [0.25, 0.3) is 5.91 Å². The summed E-state index contributed by atoms with van der Waals surface area (Å²) in [5.41, 5.74) is 0.263. The molecular formula is C16H20ClF4N3O2. The predicted molar refractivity (Wildman–Crippen MR) is 88.4 cm³/mol. The molecule has 26 heavy (non-hydrogen) atoms. The van der Waals surface area contributed by atoms with Crippen LogP contribution >= 0.6 is 12.4 Å². The molecule has 2 atom stereocenters. The summed E-state index contributed by atoms with van der Waals surface area (Å²) in [4.78, 5) is 16.0. The summed E-state index contributed by atoms with van der Waals surface area (Å²) in [5, 5.41) is 6.43. The third kappa shape index (κ3) is 4.97. The number of hydrogen-bond donors (Lipinski definition) is 2. The van der Waals surface area contributed by atoms with Gasteiger partial charge in [0.2, 0.25) is 5.88 Å². The van der Waals surface area contributed by atoms with Gasteiger partial charge < -0.3 is 15.4 Å². The fourth-order valence-electron chi connectivity index (χ4n) is 3.28. The van der Waals surface area contributed by atoms with Crippen LogP contribution in [-0.4, -0.2) is 48.0 Å². The quantitative estimate of drug-likeness (QED) is 0.725. The number of piperidine rings is 1. The van der Waals surface area contributed by atoms with E-state index in [0.29, 0.717) is 12.1 Å². The molecule has 0 aromatic carbocycles. The smallest absolute Gasteiger partial charge is 0.340 e. The minimum absolute atomic E-state index is 0. The molecule has 2 saturated heterocycles. The molecule has 1 amide bonds. The van der Waals surface area contributed by atoms with Gasteiger partial charge in [-0.2, -0.15) is 8.78 Å². The molecule has 1 aromatic rings. The molecule has 0 saturated carbocycles. The van der Waals surface area contributed by atoms with Gasteiger partial charge >= 0.3 is 12.3 Å². The minimum atomic E-state index is -4.24. The van der Waals surface area contributed by atoms with Crippen molar-refractivity contribution in [1.29, 1.82) is 0 Å². The Bertz CT molecular complexity index is 606. The summed E-state index contributed by atoms with van der Waals surface area (Å²) in [6.07, 6.45) is 1.36. The Hall–Kier alpha value is -1.61. The second-order valence-corrected chi connectivity index (χ2v) is 6.52. The molecule has 0 spiro atoms. The number of hydrogen-bond acceptors (Lipinski definition) is 4. The van der Waals surface area contributed by atoms with E-state index in [-0.39, 0.29) is 35.8 Å². The summed E-state index contributed by atoms with van der Waals surface area (Å²) in [6.45, 7) is -1.47. The van der Waals surface area contributed by atoms with Crippen molar-refractivity contribution in [2.24, 2.45) is 0 Å². The molecular weight excluding hydrogens is 378 g/mol. The second kappa shape index (κ2) is 8.39. The Labute approximate surface area is 154 Å². The standard InChI is InChI=1S/C16H19F4N3O2.ClH/c17-15(18)16(19,20)8-25-13-4-1-9(7-21-13)14(24)23-12-5-10-2-3-11(6-12)22-10;/h1,4,7,10-12,15,22H,2-3,5-6,8H2,(H,23,24);1H. The lowest BCUT2D eigenvalue weighted by atomic mass is 9.99. The van der Waals surface area contributed by atoms with Crippen molar-refractivity contribution >= 4 is 18.3 Å². The van der Waals surface area contributed by atoms with E-state index in [1.165, 1.54) is 18.3 Å².